The van der Waals surface area contributed by atoms with Crippen molar-refractivity contribution in [3.05, 3.63) is 71.8 Å². The Kier molecular flexibility index (Phi) is 13.2. The van der Waals surface area contributed by atoms with Gasteiger partial charge in [0.25, 0.3) is 0 Å². The number of methoxy groups -OCH3 is 1. The molecule has 0 aromatic heterocycles. The van der Waals surface area contributed by atoms with E-state index < -0.39 is 29.9 Å². The summed E-state index contributed by atoms with van der Waals surface area (Å²) in [5, 5.41) is 26.9. The van der Waals surface area contributed by atoms with Crippen LogP contribution in [0.3, 0.4) is 0 Å². The number of benzene rings is 2. The van der Waals surface area contributed by atoms with Gasteiger partial charge in [0, 0.05) is 44.2 Å². The lowest BCUT2D eigenvalue weighted by Crippen LogP contribution is -2.70. The second-order valence-corrected chi connectivity index (χ2v) is 14.2. The third-order valence-electron chi connectivity index (χ3n) is 11.0. The first kappa shape index (κ1) is 39.9. The molecule has 6 rings (SSSR count). The molecule has 2 aromatic carbocycles. The number of carbonyl (C=O) groups excluding carboxylic acids is 2. The maximum Gasteiger partial charge on any atom is 0.412 e. The Morgan fingerprint density at radius 2 is 1.80 bits per heavy atom. The van der Waals surface area contributed by atoms with Crippen molar-refractivity contribution in [3.63, 3.8) is 0 Å². The third kappa shape index (κ3) is 8.26. The molecule has 2 amide bonds. The van der Waals surface area contributed by atoms with Crippen LogP contribution in [0.4, 0.5) is 9.59 Å². The SMILES string of the molecule is C=CCO[C@@]12Oc3ccc(OC(=O)NCC)cc3[C@H]3[C@H](CCCCO)[C@@H](CCCCO)C=C(C(=NOC)C[C@@H]1N(Cc1ccc4c(c1)OCO4)C(=O)OC)[C@H]32. The van der Waals surface area contributed by atoms with E-state index in [1.807, 2.05) is 31.2 Å². The van der Waals surface area contributed by atoms with E-state index in [9.17, 15) is 19.8 Å². The van der Waals surface area contributed by atoms with Crippen LogP contribution < -0.4 is 24.3 Å². The van der Waals surface area contributed by atoms with Crippen molar-refractivity contribution >= 4 is 17.9 Å². The number of nitrogens with one attached hydrogen (secondary N) is 1. The summed E-state index contributed by atoms with van der Waals surface area (Å²) < 4.78 is 36.5. The van der Waals surface area contributed by atoms with Gasteiger partial charge >= 0.3 is 12.2 Å². The summed E-state index contributed by atoms with van der Waals surface area (Å²) in [6, 6.07) is 10.1. The average Bonchev–Trinajstić information content (AvgIpc) is 3.66. The van der Waals surface area contributed by atoms with E-state index in [2.05, 4.69) is 23.1 Å². The molecule has 2 aromatic rings. The highest BCUT2D eigenvalue weighted by molar-refractivity contribution is 6.03. The van der Waals surface area contributed by atoms with Gasteiger partial charge in [-0.25, -0.2) is 9.59 Å². The van der Waals surface area contributed by atoms with E-state index >= 15 is 0 Å². The molecule has 2 heterocycles. The van der Waals surface area contributed by atoms with Crippen LogP contribution in [-0.2, 0) is 20.9 Å². The minimum Gasteiger partial charge on any atom is -0.459 e. The molecule has 2 aliphatic heterocycles. The summed E-state index contributed by atoms with van der Waals surface area (Å²) in [5.41, 5.74) is 3.12. The Labute approximate surface area is 322 Å². The molecule has 1 saturated carbocycles. The normalized spacial score (nSPS) is 25.1. The summed E-state index contributed by atoms with van der Waals surface area (Å²) in [4.78, 5) is 33.8. The summed E-state index contributed by atoms with van der Waals surface area (Å²) in [5.74, 6) is -0.194. The van der Waals surface area contributed by atoms with Crippen LogP contribution in [-0.4, -0.2) is 92.2 Å². The molecule has 6 atom stereocenters. The predicted octanol–water partition coefficient (Wildman–Crippen LogP) is 6.06. The fraction of sp³-hybridized carbons (Fsp3) is 0.537. The molecular formula is C41H53N3O11. The number of nitrogens with zero attached hydrogens (tertiary/aromatic N) is 2. The van der Waals surface area contributed by atoms with Gasteiger partial charge in [0.15, 0.2) is 11.5 Å². The topological polar surface area (TPSA) is 167 Å². The van der Waals surface area contributed by atoms with Crippen molar-refractivity contribution in [2.75, 3.05) is 47.4 Å². The molecule has 3 N–H and O–H groups in total. The third-order valence-corrected chi connectivity index (χ3v) is 11.0. The van der Waals surface area contributed by atoms with Gasteiger partial charge < -0.3 is 48.8 Å². The van der Waals surface area contributed by atoms with Crippen molar-refractivity contribution in [2.24, 2.45) is 22.9 Å². The number of unbranched alkanes of at least 4 members (excludes halogenated alkanes) is 2. The standard InChI is InChI=1S/C41H53N3O11/c1-5-19-53-41-36(44(40(48)49-3)24-26-13-15-34-35(20-26)52-25-51-34)23-32(43-50-4)30-21-27(11-7-9-17-45)29(12-8-10-18-46)37(38(30)41)31-22-28(14-16-33(31)55-41)54-39(47)42-6-2/h5,13-16,20-22,27,29,36-38,45-46H,1,6-12,17-19,23-25H2,2-4H3,(H,42,47)/t27-,29+,36-,37+,38+,41+/m0/s1. The largest absolute Gasteiger partial charge is 0.459 e. The first-order valence-corrected chi connectivity index (χ1v) is 19.1. The quantitative estimate of drug-likeness (QED) is 0.0975. The lowest BCUT2D eigenvalue weighted by molar-refractivity contribution is -0.256. The molecule has 14 heteroatoms. The Balaban J connectivity index is 1.57. The van der Waals surface area contributed by atoms with Crippen LogP contribution in [0.2, 0.25) is 0 Å². The zero-order chi connectivity index (χ0) is 39.0. The van der Waals surface area contributed by atoms with Crippen LogP contribution in [0, 0.1) is 17.8 Å². The second-order valence-electron chi connectivity index (χ2n) is 14.2. The van der Waals surface area contributed by atoms with Gasteiger partial charge in [-0.05, 0) is 85.9 Å². The summed E-state index contributed by atoms with van der Waals surface area (Å²) in [6.07, 6.45) is 7.34. The van der Waals surface area contributed by atoms with E-state index in [1.54, 1.807) is 23.1 Å². The Bertz CT molecular complexity index is 1750. The first-order chi connectivity index (χ1) is 26.8. The molecular weight excluding hydrogens is 710 g/mol. The van der Waals surface area contributed by atoms with E-state index in [1.165, 1.54) is 14.2 Å². The van der Waals surface area contributed by atoms with E-state index in [0.717, 1.165) is 42.4 Å². The maximum absolute atomic E-state index is 14.1. The van der Waals surface area contributed by atoms with Crippen LogP contribution in [0.25, 0.3) is 0 Å². The Hall–Kier alpha value is -4.79. The van der Waals surface area contributed by atoms with E-state index in [0.29, 0.717) is 48.1 Å². The average molecular weight is 764 g/mol. The Morgan fingerprint density at radius 1 is 1.04 bits per heavy atom. The highest BCUT2D eigenvalue weighted by atomic mass is 16.7. The molecule has 55 heavy (non-hydrogen) atoms. The molecule has 0 spiro atoms. The number of hydrogen-bond donors (Lipinski definition) is 3. The minimum atomic E-state index is -1.48. The second kappa shape index (κ2) is 18.2. The molecule has 2 aliphatic carbocycles. The molecule has 0 bridgehead atoms. The number of fused-ring (bicyclic) bond motifs is 3. The highest BCUT2D eigenvalue weighted by Gasteiger charge is 2.65. The van der Waals surface area contributed by atoms with Gasteiger partial charge in [-0.1, -0.05) is 36.2 Å². The molecule has 298 valence electrons. The van der Waals surface area contributed by atoms with Crippen LogP contribution in [0.5, 0.6) is 23.0 Å². The molecule has 0 radical (unpaired) electrons. The number of oxime groups is 1. The van der Waals surface area contributed by atoms with Crippen molar-refractivity contribution < 1.29 is 53.1 Å². The van der Waals surface area contributed by atoms with Crippen LogP contribution in [0.15, 0.2) is 65.9 Å². The van der Waals surface area contributed by atoms with Gasteiger partial charge in [0.05, 0.1) is 25.3 Å². The van der Waals surface area contributed by atoms with E-state index in [4.69, 9.17) is 33.3 Å². The fourth-order valence-electron chi connectivity index (χ4n) is 8.76. The molecule has 1 fully saturated rings. The monoisotopic (exact) mass is 763 g/mol. The number of aliphatic hydroxyl groups is 2. The molecule has 0 unspecified atom stereocenters. The van der Waals surface area contributed by atoms with Gasteiger partial charge in [-0.2, -0.15) is 0 Å². The van der Waals surface area contributed by atoms with Crippen molar-refractivity contribution in [3.8, 4) is 23.0 Å². The summed E-state index contributed by atoms with van der Waals surface area (Å²) in [6.45, 7) is 6.67. The summed E-state index contributed by atoms with van der Waals surface area (Å²) in [7, 11) is 2.84. The molecule has 4 aliphatic rings. The van der Waals surface area contributed by atoms with E-state index in [-0.39, 0.29) is 57.3 Å². The number of aliphatic hydroxyl groups excluding tert-OH is 2. The van der Waals surface area contributed by atoms with Crippen molar-refractivity contribution in [1.82, 2.24) is 10.2 Å². The van der Waals surface area contributed by atoms with Gasteiger partial charge in [-0.15, -0.1) is 6.58 Å². The zero-order valence-corrected chi connectivity index (χ0v) is 31.9. The lowest BCUT2D eigenvalue weighted by atomic mass is 9.55. The van der Waals surface area contributed by atoms with Crippen molar-refractivity contribution in [2.45, 2.75) is 76.2 Å². The number of amides is 2. The minimum absolute atomic E-state index is 0.00366. The van der Waals surface area contributed by atoms with Gasteiger partial charge in [0.2, 0.25) is 12.6 Å². The van der Waals surface area contributed by atoms with Gasteiger partial charge in [0.1, 0.15) is 24.7 Å². The fourth-order valence-corrected chi connectivity index (χ4v) is 8.76. The van der Waals surface area contributed by atoms with Crippen molar-refractivity contribution in [1.29, 1.82) is 0 Å². The maximum atomic E-state index is 14.1. The van der Waals surface area contributed by atoms with Crippen LogP contribution >= 0.6 is 0 Å². The first-order valence-electron chi connectivity index (χ1n) is 19.1. The molecule has 0 saturated heterocycles. The smallest absolute Gasteiger partial charge is 0.412 e. The number of rotatable bonds is 17. The lowest BCUT2D eigenvalue weighted by Gasteiger charge is -2.59. The van der Waals surface area contributed by atoms with Crippen LogP contribution in [0.1, 0.15) is 68.9 Å². The number of ether oxygens (including phenoxy) is 6. The van der Waals surface area contributed by atoms with Gasteiger partial charge in [-0.3, -0.25) is 4.90 Å². The summed E-state index contributed by atoms with van der Waals surface area (Å²) >= 11 is 0. The molecule has 14 nitrogen and oxygen atoms in total. The number of carbonyl (C=O) groups is 2. The highest BCUT2D eigenvalue weighted by Crippen LogP contribution is 2.62. The Morgan fingerprint density at radius 3 is 2.53 bits per heavy atom. The number of hydrogen-bond acceptors (Lipinski definition) is 12. The predicted molar refractivity (Wildman–Crippen MR) is 202 cm³/mol. The zero-order valence-electron chi connectivity index (χ0n) is 31.9. The number of allylic oxidation sites excluding steroid dienone is 1.